The highest BCUT2D eigenvalue weighted by Gasteiger charge is 2.23. The van der Waals surface area contributed by atoms with Gasteiger partial charge in [0.1, 0.15) is 12.4 Å². The molecule has 0 N–H and O–H groups in total. The Labute approximate surface area is 201 Å². The molecule has 1 saturated heterocycles. The van der Waals surface area contributed by atoms with Crippen LogP contribution in [0.25, 0.3) is 17.1 Å². The summed E-state index contributed by atoms with van der Waals surface area (Å²) in [6, 6.07) is 21.4. The van der Waals surface area contributed by atoms with Crippen LogP contribution in [0.5, 0.6) is 0 Å². The average Bonchev–Trinajstić information content (AvgIpc) is 3.28. The van der Waals surface area contributed by atoms with Crippen molar-refractivity contribution in [2.45, 2.75) is 13.5 Å². The number of anilines is 1. The molecule has 1 amide bonds. The average molecular weight is 473 g/mol. The predicted molar refractivity (Wildman–Crippen MR) is 131 cm³/mol. The zero-order valence-corrected chi connectivity index (χ0v) is 19.3. The molecule has 4 aromatic rings. The summed E-state index contributed by atoms with van der Waals surface area (Å²) in [7, 11) is 0. The van der Waals surface area contributed by atoms with Crippen LogP contribution < -0.4 is 10.5 Å². The molecule has 2 aromatic heterocycles. The molecule has 0 spiro atoms. The maximum atomic E-state index is 14.1. The van der Waals surface area contributed by atoms with Gasteiger partial charge < -0.3 is 9.80 Å². The molecule has 8 nitrogen and oxygen atoms in total. The molecule has 5 rings (SSSR count). The van der Waals surface area contributed by atoms with Crippen LogP contribution in [0.3, 0.4) is 0 Å². The Hall–Kier alpha value is -4.27. The minimum atomic E-state index is -0.361. The van der Waals surface area contributed by atoms with Crippen LogP contribution >= 0.6 is 0 Å². The van der Waals surface area contributed by atoms with Crippen LogP contribution in [0.1, 0.15) is 5.69 Å². The first-order valence-electron chi connectivity index (χ1n) is 11.5. The van der Waals surface area contributed by atoms with Gasteiger partial charge >= 0.3 is 0 Å². The van der Waals surface area contributed by atoms with Crippen molar-refractivity contribution in [3.8, 4) is 17.1 Å². The van der Waals surface area contributed by atoms with E-state index in [9.17, 15) is 14.0 Å². The molecule has 1 aliphatic heterocycles. The summed E-state index contributed by atoms with van der Waals surface area (Å²) in [5, 5.41) is 9.06. The van der Waals surface area contributed by atoms with Crippen LogP contribution in [-0.4, -0.2) is 56.5 Å². The molecule has 0 radical (unpaired) electrons. The number of rotatable bonds is 5. The SMILES string of the molecule is Cc1cc(-c2ccccc2)nn1-c1ccc(=O)n(CC(=O)N2CCN(c3ccccc3F)CC2)n1. The zero-order chi connectivity index (χ0) is 24.4. The van der Waals surface area contributed by atoms with Gasteiger partial charge in [0.05, 0.1) is 11.4 Å². The van der Waals surface area contributed by atoms with Crippen LogP contribution in [0, 0.1) is 12.7 Å². The fraction of sp³-hybridized carbons (Fsp3) is 0.231. The number of carbonyl (C=O) groups excluding carboxylic acids is 1. The number of amides is 1. The minimum Gasteiger partial charge on any atom is -0.366 e. The Morgan fingerprint density at radius 3 is 2.37 bits per heavy atom. The topological polar surface area (TPSA) is 76.3 Å². The molecule has 35 heavy (non-hydrogen) atoms. The van der Waals surface area contributed by atoms with Crippen LogP contribution in [-0.2, 0) is 11.3 Å². The number of nitrogens with zero attached hydrogens (tertiary/aromatic N) is 6. The van der Waals surface area contributed by atoms with Gasteiger partial charge in [-0.25, -0.2) is 13.8 Å². The van der Waals surface area contributed by atoms with Gasteiger partial charge in [0, 0.05) is 43.5 Å². The van der Waals surface area contributed by atoms with Crippen molar-refractivity contribution < 1.29 is 9.18 Å². The second kappa shape index (κ2) is 9.54. The van der Waals surface area contributed by atoms with Gasteiger partial charge in [-0.05, 0) is 31.2 Å². The Kier molecular flexibility index (Phi) is 6.13. The zero-order valence-electron chi connectivity index (χ0n) is 19.3. The van der Waals surface area contributed by atoms with Crippen molar-refractivity contribution in [2.75, 3.05) is 31.1 Å². The lowest BCUT2D eigenvalue weighted by Crippen LogP contribution is -2.50. The summed E-state index contributed by atoms with van der Waals surface area (Å²) in [5.41, 5.74) is 2.81. The number of piperazine rings is 1. The fourth-order valence-electron chi connectivity index (χ4n) is 4.25. The highest BCUT2D eigenvalue weighted by atomic mass is 19.1. The van der Waals surface area contributed by atoms with Gasteiger partial charge in [0.25, 0.3) is 5.56 Å². The normalized spacial score (nSPS) is 13.8. The molecular formula is C26H25FN6O2. The largest absolute Gasteiger partial charge is 0.366 e. The summed E-state index contributed by atoms with van der Waals surface area (Å²) in [5.74, 6) is -0.0160. The molecule has 0 bridgehead atoms. The summed E-state index contributed by atoms with van der Waals surface area (Å²) in [4.78, 5) is 29.0. The third kappa shape index (κ3) is 4.70. The number of aryl methyl sites for hydroxylation is 1. The van der Waals surface area contributed by atoms with Gasteiger partial charge in [-0.2, -0.15) is 5.10 Å². The molecular weight excluding hydrogens is 447 g/mol. The molecule has 2 aromatic carbocycles. The third-order valence-electron chi connectivity index (χ3n) is 6.14. The number of aromatic nitrogens is 4. The highest BCUT2D eigenvalue weighted by Crippen LogP contribution is 2.21. The minimum absolute atomic E-state index is 0.168. The van der Waals surface area contributed by atoms with Crippen molar-refractivity contribution in [3.63, 3.8) is 0 Å². The Bertz CT molecular complexity index is 1410. The van der Waals surface area contributed by atoms with E-state index in [1.165, 1.54) is 16.8 Å². The molecule has 0 aliphatic carbocycles. The number of hydrogen-bond acceptors (Lipinski definition) is 5. The second-order valence-electron chi connectivity index (χ2n) is 8.46. The number of halogens is 1. The summed E-state index contributed by atoms with van der Waals surface area (Å²) in [6.45, 7) is 3.67. The molecule has 0 atom stereocenters. The summed E-state index contributed by atoms with van der Waals surface area (Å²) in [6.07, 6.45) is 0. The van der Waals surface area contributed by atoms with Crippen molar-refractivity contribution >= 4 is 11.6 Å². The van der Waals surface area contributed by atoms with E-state index in [0.29, 0.717) is 37.7 Å². The van der Waals surface area contributed by atoms with Crippen LogP contribution in [0.15, 0.2) is 77.6 Å². The van der Waals surface area contributed by atoms with E-state index in [2.05, 4.69) is 10.2 Å². The van der Waals surface area contributed by atoms with E-state index in [0.717, 1.165) is 17.0 Å². The number of benzene rings is 2. The number of hydrogen-bond donors (Lipinski definition) is 0. The van der Waals surface area contributed by atoms with Crippen molar-refractivity contribution in [2.24, 2.45) is 0 Å². The molecule has 1 fully saturated rings. The smallest absolute Gasteiger partial charge is 0.267 e. The van der Waals surface area contributed by atoms with E-state index in [-0.39, 0.29) is 23.8 Å². The lowest BCUT2D eigenvalue weighted by Gasteiger charge is -2.36. The van der Waals surface area contributed by atoms with E-state index in [1.807, 2.05) is 48.2 Å². The maximum Gasteiger partial charge on any atom is 0.267 e. The second-order valence-corrected chi connectivity index (χ2v) is 8.46. The van der Waals surface area contributed by atoms with Gasteiger partial charge in [-0.3, -0.25) is 9.59 Å². The van der Waals surface area contributed by atoms with Crippen LogP contribution in [0.2, 0.25) is 0 Å². The van der Waals surface area contributed by atoms with Gasteiger partial charge in [-0.15, -0.1) is 5.10 Å². The highest BCUT2D eigenvalue weighted by molar-refractivity contribution is 5.76. The van der Waals surface area contributed by atoms with Crippen molar-refractivity contribution in [1.82, 2.24) is 24.5 Å². The molecule has 0 saturated carbocycles. The first kappa shape index (κ1) is 22.5. The Morgan fingerprint density at radius 1 is 0.914 bits per heavy atom. The first-order valence-corrected chi connectivity index (χ1v) is 11.5. The van der Waals surface area contributed by atoms with Gasteiger partial charge in [-0.1, -0.05) is 42.5 Å². The quantitative estimate of drug-likeness (QED) is 0.447. The van der Waals surface area contributed by atoms with E-state index < -0.39 is 0 Å². The standard InChI is InChI=1S/C26H25FN6O2/c1-19-17-22(20-7-3-2-4-8-20)28-33(19)24-11-12-25(34)32(29-24)18-26(35)31-15-13-30(14-16-31)23-10-6-5-9-21(23)27/h2-12,17H,13-16,18H2,1H3. The van der Waals surface area contributed by atoms with Crippen molar-refractivity contribution in [3.05, 3.63) is 94.7 Å². The maximum absolute atomic E-state index is 14.1. The van der Waals surface area contributed by atoms with E-state index in [1.54, 1.807) is 33.8 Å². The third-order valence-corrected chi connectivity index (χ3v) is 6.14. The predicted octanol–water partition coefficient (Wildman–Crippen LogP) is 2.89. The molecule has 0 unspecified atom stereocenters. The first-order chi connectivity index (χ1) is 17.0. The fourth-order valence-corrected chi connectivity index (χ4v) is 4.25. The molecule has 1 aliphatic rings. The number of carbonyl (C=O) groups is 1. The molecule has 3 heterocycles. The summed E-state index contributed by atoms with van der Waals surface area (Å²) >= 11 is 0. The number of para-hydroxylation sites is 1. The summed E-state index contributed by atoms with van der Waals surface area (Å²) < 4.78 is 16.9. The Balaban J connectivity index is 1.30. The monoisotopic (exact) mass is 472 g/mol. The van der Waals surface area contributed by atoms with Crippen LogP contribution in [0.4, 0.5) is 10.1 Å². The van der Waals surface area contributed by atoms with Gasteiger partial charge in [0.15, 0.2) is 5.82 Å². The van der Waals surface area contributed by atoms with Crippen molar-refractivity contribution in [1.29, 1.82) is 0 Å². The molecule has 178 valence electrons. The lowest BCUT2D eigenvalue weighted by molar-refractivity contribution is -0.132. The molecule has 9 heteroatoms. The van der Waals surface area contributed by atoms with Gasteiger partial charge in [0.2, 0.25) is 5.91 Å². The lowest BCUT2D eigenvalue weighted by atomic mass is 10.1. The Morgan fingerprint density at radius 2 is 1.63 bits per heavy atom. The van der Waals surface area contributed by atoms with E-state index >= 15 is 0 Å². The van der Waals surface area contributed by atoms with E-state index in [4.69, 9.17) is 0 Å².